The summed E-state index contributed by atoms with van der Waals surface area (Å²) in [6.45, 7) is 4.54. The van der Waals surface area contributed by atoms with Gasteiger partial charge in [-0.2, -0.15) is 0 Å². The van der Waals surface area contributed by atoms with Crippen molar-refractivity contribution < 1.29 is 10.2 Å². The van der Waals surface area contributed by atoms with Gasteiger partial charge in [-0.25, -0.2) is 0 Å². The molecular weight excluding hydrogens is 214 g/mol. The van der Waals surface area contributed by atoms with E-state index in [2.05, 4.69) is 4.90 Å². The number of para-hydroxylation sites is 1. The molecule has 0 spiro atoms. The van der Waals surface area contributed by atoms with Gasteiger partial charge in [0.2, 0.25) is 0 Å². The van der Waals surface area contributed by atoms with Crippen LogP contribution in [-0.4, -0.2) is 29.9 Å². The van der Waals surface area contributed by atoms with E-state index in [-0.39, 0.29) is 6.10 Å². The van der Waals surface area contributed by atoms with Crippen LogP contribution in [0.25, 0.3) is 0 Å². The minimum atomic E-state index is -0.416. The predicted octanol–water partition coefficient (Wildman–Crippen LogP) is 2.34. The van der Waals surface area contributed by atoms with Crippen LogP contribution in [0.3, 0.4) is 0 Å². The Hall–Kier alpha value is -1.06. The predicted molar refractivity (Wildman–Crippen MR) is 71.3 cm³/mol. The van der Waals surface area contributed by atoms with E-state index in [0.717, 1.165) is 24.2 Å². The van der Waals surface area contributed by atoms with Crippen molar-refractivity contribution in [2.75, 3.05) is 18.5 Å². The van der Waals surface area contributed by atoms with Gasteiger partial charge in [0.15, 0.2) is 0 Å². The zero-order chi connectivity index (χ0) is 12.8. The van der Waals surface area contributed by atoms with Crippen LogP contribution in [0.2, 0.25) is 0 Å². The summed E-state index contributed by atoms with van der Waals surface area (Å²) in [6.07, 6.45) is 0.731. The molecule has 17 heavy (non-hydrogen) atoms. The van der Waals surface area contributed by atoms with Crippen molar-refractivity contribution in [2.24, 2.45) is 0 Å². The fraction of sp³-hybridized carbons (Fsp3) is 0.571. The Morgan fingerprint density at radius 1 is 1.24 bits per heavy atom. The third kappa shape index (κ3) is 4.02. The second-order valence-electron chi connectivity index (χ2n) is 4.54. The second kappa shape index (κ2) is 6.62. The van der Waals surface area contributed by atoms with E-state index in [1.165, 1.54) is 0 Å². The van der Waals surface area contributed by atoms with Gasteiger partial charge in [0, 0.05) is 24.8 Å². The highest BCUT2D eigenvalue weighted by atomic mass is 16.3. The molecule has 0 aliphatic heterocycles. The Morgan fingerprint density at radius 3 is 2.47 bits per heavy atom. The molecule has 0 fully saturated rings. The van der Waals surface area contributed by atoms with Crippen molar-refractivity contribution >= 4 is 5.69 Å². The number of rotatable bonds is 6. The van der Waals surface area contributed by atoms with Crippen LogP contribution in [0.5, 0.6) is 0 Å². The Morgan fingerprint density at radius 2 is 1.88 bits per heavy atom. The van der Waals surface area contributed by atoms with Crippen LogP contribution in [-0.2, 0) is 0 Å². The Bertz CT molecular complexity index is 339. The smallest absolute Gasteiger partial charge is 0.0807 e. The molecule has 96 valence electrons. The first-order chi connectivity index (χ1) is 8.06. The van der Waals surface area contributed by atoms with Gasteiger partial charge in [0.1, 0.15) is 0 Å². The SMILES string of the molecule is CC[C@@H](O)c1ccccc1N(C)CCC(C)O. The highest BCUT2D eigenvalue weighted by molar-refractivity contribution is 5.54. The molecule has 0 saturated heterocycles. The van der Waals surface area contributed by atoms with Gasteiger partial charge in [-0.15, -0.1) is 0 Å². The van der Waals surface area contributed by atoms with E-state index >= 15 is 0 Å². The van der Waals surface area contributed by atoms with Gasteiger partial charge in [-0.3, -0.25) is 0 Å². The van der Waals surface area contributed by atoms with Gasteiger partial charge in [-0.05, 0) is 25.8 Å². The quantitative estimate of drug-likeness (QED) is 0.798. The van der Waals surface area contributed by atoms with Crippen molar-refractivity contribution in [3.63, 3.8) is 0 Å². The molecule has 0 aliphatic rings. The summed E-state index contributed by atoms with van der Waals surface area (Å²) in [5.74, 6) is 0. The van der Waals surface area contributed by atoms with Crippen LogP contribution >= 0.6 is 0 Å². The van der Waals surface area contributed by atoms with E-state index in [1.807, 2.05) is 38.2 Å². The first kappa shape index (κ1) is 14.0. The fourth-order valence-corrected chi connectivity index (χ4v) is 1.84. The lowest BCUT2D eigenvalue weighted by molar-refractivity contribution is 0.173. The van der Waals surface area contributed by atoms with Gasteiger partial charge >= 0.3 is 0 Å². The summed E-state index contributed by atoms with van der Waals surface area (Å²) in [6, 6.07) is 7.89. The molecule has 0 heterocycles. The third-order valence-corrected chi connectivity index (χ3v) is 2.98. The molecule has 2 atom stereocenters. The lowest BCUT2D eigenvalue weighted by Crippen LogP contribution is -2.23. The molecule has 1 aromatic rings. The van der Waals surface area contributed by atoms with E-state index in [9.17, 15) is 10.2 Å². The molecule has 0 aliphatic carbocycles. The van der Waals surface area contributed by atoms with E-state index in [1.54, 1.807) is 6.92 Å². The molecule has 3 heteroatoms. The van der Waals surface area contributed by atoms with Crippen LogP contribution in [0.1, 0.15) is 38.4 Å². The van der Waals surface area contributed by atoms with Gasteiger partial charge in [0.05, 0.1) is 12.2 Å². The molecule has 2 N–H and O–H groups in total. The van der Waals surface area contributed by atoms with Crippen molar-refractivity contribution in [2.45, 2.75) is 38.9 Å². The summed E-state index contributed by atoms with van der Waals surface area (Å²) >= 11 is 0. The van der Waals surface area contributed by atoms with Crippen LogP contribution < -0.4 is 4.90 Å². The Labute approximate surface area is 104 Å². The number of hydrogen-bond donors (Lipinski definition) is 2. The fourth-order valence-electron chi connectivity index (χ4n) is 1.84. The molecule has 0 amide bonds. The van der Waals surface area contributed by atoms with Crippen LogP contribution in [0.4, 0.5) is 5.69 Å². The minimum Gasteiger partial charge on any atom is -0.393 e. The molecule has 0 bridgehead atoms. The zero-order valence-corrected chi connectivity index (χ0v) is 10.9. The average Bonchev–Trinajstić information content (AvgIpc) is 2.34. The summed E-state index contributed by atoms with van der Waals surface area (Å²) < 4.78 is 0. The average molecular weight is 237 g/mol. The maximum atomic E-state index is 9.96. The lowest BCUT2D eigenvalue weighted by Gasteiger charge is -2.24. The molecule has 3 nitrogen and oxygen atoms in total. The first-order valence-corrected chi connectivity index (χ1v) is 6.22. The molecule has 1 aromatic carbocycles. The Kier molecular flexibility index (Phi) is 5.45. The third-order valence-electron chi connectivity index (χ3n) is 2.98. The number of nitrogens with zero attached hydrogens (tertiary/aromatic N) is 1. The van der Waals surface area contributed by atoms with Gasteiger partial charge < -0.3 is 15.1 Å². The van der Waals surface area contributed by atoms with E-state index in [0.29, 0.717) is 6.42 Å². The summed E-state index contributed by atoms with van der Waals surface area (Å²) in [4.78, 5) is 2.08. The molecule has 0 radical (unpaired) electrons. The topological polar surface area (TPSA) is 43.7 Å². The number of hydrogen-bond acceptors (Lipinski definition) is 3. The molecule has 0 aromatic heterocycles. The van der Waals surface area contributed by atoms with E-state index in [4.69, 9.17) is 0 Å². The van der Waals surface area contributed by atoms with Crippen LogP contribution in [0.15, 0.2) is 24.3 Å². The maximum absolute atomic E-state index is 9.96. The lowest BCUT2D eigenvalue weighted by atomic mass is 10.0. The Balaban J connectivity index is 2.81. The maximum Gasteiger partial charge on any atom is 0.0807 e. The van der Waals surface area contributed by atoms with Crippen LogP contribution in [0, 0.1) is 0 Å². The minimum absolute atomic E-state index is 0.291. The molecular formula is C14H23NO2. The van der Waals surface area contributed by atoms with Crippen molar-refractivity contribution in [1.29, 1.82) is 0 Å². The summed E-state index contributed by atoms with van der Waals surface area (Å²) in [5.41, 5.74) is 2.01. The molecule has 1 unspecified atom stereocenters. The van der Waals surface area contributed by atoms with Crippen molar-refractivity contribution in [1.82, 2.24) is 0 Å². The van der Waals surface area contributed by atoms with Gasteiger partial charge in [-0.1, -0.05) is 25.1 Å². The van der Waals surface area contributed by atoms with E-state index < -0.39 is 6.10 Å². The normalized spacial score (nSPS) is 14.4. The van der Waals surface area contributed by atoms with Gasteiger partial charge in [0.25, 0.3) is 0 Å². The monoisotopic (exact) mass is 237 g/mol. The number of benzene rings is 1. The standard InChI is InChI=1S/C14H23NO2/c1-4-14(17)12-7-5-6-8-13(12)15(3)10-9-11(2)16/h5-8,11,14,16-17H,4,9-10H2,1-3H3/t11?,14-/m1/s1. The summed E-state index contributed by atoms with van der Waals surface area (Å²) in [5, 5.41) is 19.3. The first-order valence-electron chi connectivity index (χ1n) is 6.22. The highest BCUT2D eigenvalue weighted by Crippen LogP contribution is 2.27. The number of anilines is 1. The number of aliphatic hydroxyl groups is 2. The second-order valence-corrected chi connectivity index (χ2v) is 4.54. The zero-order valence-electron chi connectivity index (χ0n) is 10.9. The highest BCUT2D eigenvalue weighted by Gasteiger charge is 2.13. The summed E-state index contributed by atoms with van der Waals surface area (Å²) in [7, 11) is 1.99. The van der Waals surface area contributed by atoms with Crippen molar-refractivity contribution in [3.05, 3.63) is 29.8 Å². The largest absolute Gasteiger partial charge is 0.393 e. The van der Waals surface area contributed by atoms with Crippen molar-refractivity contribution in [3.8, 4) is 0 Å². The molecule has 1 rings (SSSR count). The molecule has 0 saturated carbocycles. The number of aliphatic hydroxyl groups excluding tert-OH is 2.